The molecule has 0 aliphatic heterocycles. The van der Waals surface area contributed by atoms with Crippen LogP contribution in [0.2, 0.25) is 0 Å². The van der Waals surface area contributed by atoms with Gasteiger partial charge in [-0.25, -0.2) is 9.97 Å². The Morgan fingerprint density at radius 2 is 2.11 bits per heavy atom. The number of nitrogens with two attached hydrogens (primary N) is 2. The third kappa shape index (κ3) is 2.95. The Hall–Kier alpha value is -1.70. The van der Waals surface area contributed by atoms with Gasteiger partial charge >= 0.3 is 0 Å². The quantitative estimate of drug-likeness (QED) is 0.465. The Morgan fingerprint density at radius 3 is 2.44 bits per heavy atom. The first-order valence-electron chi connectivity index (χ1n) is 5.64. The lowest BCUT2D eigenvalue weighted by Crippen LogP contribution is -2.47. The summed E-state index contributed by atoms with van der Waals surface area (Å²) in [6.45, 7) is 0. The molecule has 2 unspecified atom stereocenters. The molecular formula is C11H15N5O2. The first-order valence-corrected chi connectivity index (χ1v) is 5.64. The number of ether oxygens (including phenoxy) is 1. The molecule has 2 aliphatic rings. The molecular weight excluding hydrogens is 234 g/mol. The number of hydrogen-bond donors (Lipinski definition) is 2. The van der Waals surface area contributed by atoms with Gasteiger partial charge in [0, 0.05) is 5.92 Å². The van der Waals surface area contributed by atoms with E-state index in [0.717, 1.165) is 12.8 Å². The number of fused-ring (bicyclic) bond motifs is 1. The topological polar surface area (TPSA) is 116 Å². The van der Waals surface area contributed by atoms with Crippen LogP contribution in [0.1, 0.15) is 12.8 Å². The SMILES string of the molecule is NC(N)OC1CC2=CCC21.O=Nc1cncnc1. The van der Waals surface area contributed by atoms with Crippen LogP contribution < -0.4 is 11.5 Å². The molecule has 7 nitrogen and oxygen atoms in total. The standard InChI is InChI=1S/C7H12N2O.C4H3N3O/c8-7(9)10-6-3-4-1-2-5(4)6;8-7-4-1-5-3-6-2-4/h1,5-7H,2-3,8-9H2;1-3H. The summed E-state index contributed by atoms with van der Waals surface area (Å²) in [6, 6.07) is 0. The van der Waals surface area contributed by atoms with Crippen LogP contribution in [-0.2, 0) is 4.74 Å². The lowest BCUT2D eigenvalue weighted by molar-refractivity contribution is -0.0635. The van der Waals surface area contributed by atoms with Gasteiger partial charge in [0.05, 0.1) is 18.5 Å². The van der Waals surface area contributed by atoms with E-state index in [2.05, 4.69) is 21.2 Å². The zero-order chi connectivity index (χ0) is 13.0. The van der Waals surface area contributed by atoms with E-state index in [9.17, 15) is 4.91 Å². The second-order valence-corrected chi connectivity index (χ2v) is 4.15. The molecule has 0 amide bonds. The summed E-state index contributed by atoms with van der Waals surface area (Å²) in [5, 5.41) is 2.60. The first-order chi connectivity index (χ1) is 8.70. The highest BCUT2D eigenvalue weighted by atomic mass is 16.5. The second-order valence-electron chi connectivity index (χ2n) is 4.15. The van der Waals surface area contributed by atoms with Crippen molar-refractivity contribution in [3.05, 3.63) is 35.3 Å². The molecule has 4 N–H and O–H groups in total. The van der Waals surface area contributed by atoms with Crippen molar-refractivity contribution in [1.82, 2.24) is 9.97 Å². The fourth-order valence-corrected chi connectivity index (χ4v) is 1.94. The molecule has 1 heterocycles. The zero-order valence-corrected chi connectivity index (χ0v) is 9.77. The predicted molar refractivity (Wildman–Crippen MR) is 65.3 cm³/mol. The van der Waals surface area contributed by atoms with Crippen LogP contribution >= 0.6 is 0 Å². The molecule has 0 radical (unpaired) electrons. The van der Waals surface area contributed by atoms with Gasteiger partial charge in [-0.05, 0) is 18.0 Å². The molecule has 96 valence electrons. The van der Waals surface area contributed by atoms with E-state index in [1.54, 1.807) is 0 Å². The van der Waals surface area contributed by atoms with Crippen LogP contribution in [0.15, 0.2) is 35.5 Å². The van der Waals surface area contributed by atoms with E-state index in [-0.39, 0.29) is 5.69 Å². The summed E-state index contributed by atoms with van der Waals surface area (Å²) in [4.78, 5) is 16.8. The third-order valence-electron chi connectivity index (χ3n) is 2.98. The average Bonchev–Trinajstić information content (AvgIpc) is 2.36. The Balaban J connectivity index is 0.000000138. The normalized spacial score (nSPS) is 23.8. The van der Waals surface area contributed by atoms with Crippen molar-refractivity contribution in [2.45, 2.75) is 25.3 Å². The summed E-state index contributed by atoms with van der Waals surface area (Å²) in [6.07, 6.45) is 8.23. The summed E-state index contributed by atoms with van der Waals surface area (Å²) in [5.41, 5.74) is 12.3. The van der Waals surface area contributed by atoms with Crippen LogP contribution in [0.4, 0.5) is 5.69 Å². The van der Waals surface area contributed by atoms with Crippen LogP contribution in [-0.4, -0.2) is 22.4 Å². The summed E-state index contributed by atoms with van der Waals surface area (Å²) in [7, 11) is 0. The van der Waals surface area contributed by atoms with Crippen molar-refractivity contribution < 1.29 is 4.74 Å². The maximum atomic E-state index is 9.68. The zero-order valence-electron chi connectivity index (χ0n) is 9.77. The lowest BCUT2D eigenvalue weighted by Gasteiger charge is -2.45. The molecule has 2 atom stereocenters. The minimum Gasteiger partial charge on any atom is -0.346 e. The van der Waals surface area contributed by atoms with Crippen molar-refractivity contribution in [3.8, 4) is 0 Å². The highest BCUT2D eigenvalue weighted by molar-refractivity contribution is 5.29. The van der Waals surface area contributed by atoms with Crippen LogP contribution in [0.25, 0.3) is 0 Å². The molecule has 0 aromatic carbocycles. The summed E-state index contributed by atoms with van der Waals surface area (Å²) >= 11 is 0. The second kappa shape index (κ2) is 5.76. The van der Waals surface area contributed by atoms with Gasteiger partial charge in [-0.1, -0.05) is 11.6 Å². The van der Waals surface area contributed by atoms with E-state index in [4.69, 9.17) is 16.2 Å². The number of nitrogens with zero attached hydrogens (tertiary/aromatic N) is 3. The van der Waals surface area contributed by atoms with E-state index < -0.39 is 6.35 Å². The number of aromatic nitrogens is 2. The molecule has 0 spiro atoms. The van der Waals surface area contributed by atoms with E-state index in [1.807, 2.05) is 0 Å². The van der Waals surface area contributed by atoms with Crippen molar-refractivity contribution in [2.24, 2.45) is 22.6 Å². The number of nitroso groups, excluding NO2 is 1. The maximum absolute atomic E-state index is 9.68. The lowest BCUT2D eigenvalue weighted by atomic mass is 9.66. The van der Waals surface area contributed by atoms with E-state index >= 15 is 0 Å². The molecule has 0 saturated heterocycles. The Kier molecular flexibility index (Phi) is 4.08. The van der Waals surface area contributed by atoms with Gasteiger partial charge in [0.1, 0.15) is 12.0 Å². The Bertz CT molecular complexity index is 434. The molecule has 7 heteroatoms. The van der Waals surface area contributed by atoms with Gasteiger partial charge in [0.15, 0.2) is 6.35 Å². The van der Waals surface area contributed by atoms with Crippen molar-refractivity contribution in [1.29, 1.82) is 0 Å². The van der Waals surface area contributed by atoms with Crippen LogP contribution in [0.3, 0.4) is 0 Å². The van der Waals surface area contributed by atoms with Gasteiger partial charge in [-0.2, -0.15) is 0 Å². The Morgan fingerprint density at radius 1 is 1.39 bits per heavy atom. The van der Waals surface area contributed by atoms with Crippen molar-refractivity contribution in [3.63, 3.8) is 0 Å². The largest absolute Gasteiger partial charge is 0.346 e. The Labute approximate surface area is 104 Å². The van der Waals surface area contributed by atoms with Gasteiger partial charge in [0.2, 0.25) is 0 Å². The maximum Gasteiger partial charge on any atom is 0.158 e. The highest BCUT2D eigenvalue weighted by Gasteiger charge is 2.41. The monoisotopic (exact) mass is 249 g/mol. The number of allylic oxidation sites excluding steroid dienone is 1. The number of rotatable bonds is 3. The van der Waals surface area contributed by atoms with Gasteiger partial charge in [-0.15, -0.1) is 4.91 Å². The minimum atomic E-state index is -0.591. The van der Waals surface area contributed by atoms with Crippen LogP contribution in [0, 0.1) is 10.8 Å². The average molecular weight is 249 g/mol. The fraction of sp³-hybridized carbons (Fsp3) is 0.455. The third-order valence-corrected chi connectivity index (χ3v) is 2.98. The molecule has 3 rings (SSSR count). The predicted octanol–water partition coefficient (Wildman–Crippen LogP) is 0.797. The first kappa shape index (κ1) is 12.7. The van der Waals surface area contributed by atoms with Crippen molar-refractivity contribution >= 4 is 5.69 Å². The molecule has 1 aromatic heterocycles. The molecule has 2 aliphatic carbocycles. The molecule has 1 saturated carbocycles. The van der Waals surface area contributed by atoms with Gasteiger partial charge in [0.25, 0.3) is 0 Å². The van der Waals surface area contributed by atoms with Crippen LogP contribution in [0.5, 0.6) is 0 Å². The molecule has 1 aromatic rings. The fourth-order valence-electron chi connectivity index (χ4n) is 1.94. The van der Waals surface area contributed by atoms with E-state index in [1.165, 1.54) is 24.3 Å². The number of hydrogen-bond acceptors (Lipinski definition) is 7. The van der Waals surface area contributed by atoms with Crippen molar-refractivity contribution in [2.75, 3.05) is 0 Å². The molecule has 18 heavy (non-hydrogen) atoms. The molecule has 0 bridgehead atoms. The summed E-state index contributed by atoms with van der Waals surface area (Å²) < 4.78 is 5.23. The van der Waals surface area contributed by atoms with Gasteiger partial charge in [-0.3, -0.25) is 11.5 Å². The highest BCUT2D eigenvalue weighted by Crippen LogP contribution is 2.46. The van der Waals surface area contributed by atoms with Gasteiger partial charge < -0.3 is 4.74 Å². The summed E-state index contributed by atoms with van der Waals surface area (Å²) in [5.74, 6) is 0.662. The minimum absolute atomic E-state index is 0.257. The smallest absolute Gasteiger partial charge is 0.158 e. The molecule has 1 fully saturated rings. The van der Waals surface area contributed by atoms with E-state index in [0.29, 0.717) is 12.0 Å².